The Morgan fingerprint density at radius 2 is 2.00 bits per heavy atom. The molecule has 0 fully saturated rings. The van der Waals surface area contributed by atoms with Crippen LogP contribution in [0.1, 0.15) is 17.8 Å². The highest BCUT2D eigenvalue weighted by Crippen LogP contribution is 2.35. The zero-order chi connectivity index (χ0) is 13.1. The van der Waals surface area contributed by atoms with Gasteiger partial charge in [-0.15, -0.1) is 11.3 Å². The monoisotopic (exact) mass is 280 g/mol. The van der Waals surface area contributed by atoms with Crippen molar-refractivity contribution in [3.8, 4) is 0 Å². The molecule has 0 aliphatic heterocycles. The lowest BCUT2D eigenvalue weighted by Gasteiger charge is -2.22. The van der Waals surface area contributed by atoms with Gasteiger partial charge in [-0.25, -0.2) is 0 Å². The summed E-state index contributed by atoms with van der Waals surface area (Å²) in [6.45, 7) is 2.16. The van der Waals surface area contributed by atoms with Crippen molar-refractivity contribution in [1.82, 2.24) is 0 Å². The summed E-state index contributed by atoms with van der Waals surface area (Å²) in [4.78, 5) is 3.35. The van der Waals surface area contributed by atoms with Crippen molar-refractivity contribution in [1.29, 1.82) is 0 Å². The molecule has 0 saturated carbocycles. The second-order valence-electron chi connectivity index (χ2n) is 4.41. The van der Waals surface area contributed by atoms with Crippen molar-refractivity contribution in [3.63, 3.8) is 0 Å². The first-order valence-electron chi connectivity index (χ1n) is 5.85. The molecule has 1 unspecified atom stereocenters. The Bertz CT molecular complexity index is 509. The number of para-hydroxylation sites is 1. The number of thiophene rings is 1. The van der Waals surface area contributed by atoms with Gasteiger partial charge in [-0.1, -0.05) is 23.7 Å². The number of hydrogen-bond acceptors (Lipinski definition) is 3. The highest BCUT2D eigenvalue weighted by Gasteiger charge is 2.12. The van der Waals surface area contributed by atoms with E-state index in [4.69, 9.17) is 11.6 Å². The minimum Gasteiger partial charge on any atom is -0.376 e. The zero-order valence-corrected chi connectivity index (χ0v) is 12.3. The van der Waals surface area contributed by atoms with Gasteiger partial charge in [0, 0.05) is 19.0 Å². The van der Waals surface area contributed by atoms with Crippen molar-refractivity contribution in [3.05, 3.63) is 45.6 Å². The molecular weight excluding hydrogens is 264 g/mol. The number of rotatable bonds is 4. The third-order valence-corrected chi connectivity index (χ3v) is 4.14. The van der Waals surface area contributed by atoms with E-state index >= 15 is 0 Å². The molecule has 0 aliphatic carbocycles. The van der Waals surface area contributed by atoms with E-state index in [1.165, 1.54) is 4.88 Å². The lowest BCUT2D eigenvalue weighted by Crippen LogP contribution is -2.14. The van der Waals surface area contributed by atoms with Gasteiger partial charge in [0.2, 0.25) is 0 Å². The predicted octanol–water partition coefficient (Wildman–Crippen LogP) is 4.64. The molecule has 0 aliphatic rings. The molecule has 0 radical (unpaired) electrons. The van der Waals surface area contributed by atoms with Crippen molar-refractivity contribution < 1.29 is 0 Å². The Morgan fingerprint density at radius 3 is 2.61 bits per heavy atom. The lowest BCUT2D eigenvalue weighted by atomic mass is 10.2. The molecule has 1 aromatic heterocycles. The van der Waals surface area contributed by atoms with Crippen LogP contribution in [0.3, 0.4) is 0 Å². The molecule has 1 aromatic carbocycles. The summed E-state index contributed by atoms with van der Waals surface area (Å²) in [5.74, 6) is 0. The van der Waals surface area contributed by atoms with E-state index in [-0.39, 0.29) is 6.04 Å². The molecule has 1 heterocycles. The third-order valence-electron chi connectivity index (χ3n) is 2.78. The fourth-order valence-corrected chi connectivity index (χ4v) is 3.01. The third kappa shape index (κ3) is 2.79. The van der Waals surface area contributed by atoms with E-state index in [9.17, 15) is 0 Å². The summed E-state index contributed by atoms with van der Waals surface area (Å²) in [5, 5.41) is 6.38. The van der Waals surface area contributed by atoms with E-state index in [2.05, 4.69) is 35.8 Å². The summed E-state index contributed by atoms with van der Waals surface area (Å²) in [6, 6.07) is 10.4. The number of nitrogens with zero attached hydrogens (tertiary/aromatic N) is 1. The standard InChI is InChI=1S/C14H17ClN2S/c1-10(13-8-5-9-18-13)16-12-7-4-6-11(15)14(12)17(2)3/h4-10,16H,1-3H3. The largest absolute Gasteiger partial charge is 0.376 e. The van der Waals surface area contributed by atoms with Crippen molar-refractivity contribution in [2.24, 2.45) is 0 Å². The minimum atomic E-state index is 0.280. The van der Waals surface area contributed by atoms with Crippen molar-refractivity contribution in [2.45, 2.75) is 13.0 Å². The van der Waals surface area contributed by atoms with Crippen molar-refractivity contribution in [2.75, 3.05) is 24.3 Å². The van der Waals surface area contributed by atoms with Gasteiger partial charge in [0.25, 0.3) is 0 Å². The summed E-state index contributed by atoms with van der Waals surface area (Å²) in [7, 11) is 4.00. The molecule has 0 bridgehead atoms. The van der Waals surface area contributed by atoms with Crippen LogP contribution in [0.2, 0.25) is 5.02 Å². The van der Waals surface area contributed by atoms with Crippen molar-refractivity contribution >= 4 is 34.3 Å². The first-order chi connectivity index (χ1) is 8.59. The molecule has 0 amide bonds. The fourth-order valence-electron chi connectivity index (χ4n) is 1.93. The number of anilines is 2. The maximum atomic E-state index is 6.25. The SMILES string of the molecule is CC(Nc1cccc(Cl)c1N(C)C)c1cccs1. The Morgan fingerprint density at radius 1 is 1.22 bits per heavy atom. The van der Waals surface area contributed by atoms with Crippen LogP contribution in [0.4, 0.5) is 11.4 Å². The van der Waals surface area contributed by atoms with Gasteiger partial charge in [0.05, 0.1) is 22.4 Å². The van der Waals surface area contributed by atoms with Gasteiger partial charge < -0.3 is 10.2 Å². The van der Waals surface area contributed by atoms with E-state index < -0.39 is 0 Å². The number of halogens is 1. The summed E-state index contributed by atoms with van der Waals surface area (Å²) >= 11 is 8.01. The highest BCUT2D eigenvalue weighted by molar-refractivity contribution is 7.10. The van der Waals surface area contributed by atoms with Crippen LogP contribution in [0.25, 0.3) is 0 Å². The van der Waals surface area contributed by atoms with E-state index in [1.54, 1.807) is 11.3 Å². The van der Waals surface area contributed by atoms with E-state index in [0.717, 1.165) is 16.4 Å². The van der Waals surface area contributed by atoms with E-state index in [0.29, 0.717) is 0 Å². The van der Waals surface area contributed by atoms with Gasteiger partial charge in [-0.2, -0.15) is 0 Å². The van der Waals surface area contributed by atoms with Gasteiger partial charge in [0.15, 0.2) is 0 Å². The second kappa shape index (κ2) is 5.63. The van der Waals surface area contributed by atoms with Crippen LogP contribution in [-0.2, 0) is 0 Å². The molecule has 4 heteroatoms. The Labute approximate surface area is 117 Å². The van der Waals surface area contributed by atoms with Crippen LogP contribution in [-0.4, -0.2) is 14.1 Å². The molecule has 0 saturated heterocycles. The minimum absolute atomic E-state index is 0.280. The van der Waals surface area contributed by atoms with Crippen LogP contribution >= 0.6 is 22.9 Å². The van der Waals surface area contributed by atoms with Gasteiger partial charge in [-0.05, 0) is 30.5 Å². The maximum absolute atomic E-state index is 6.25. The van der Waals surface area contributed by atoms with Gasteiger partial charge >= 0.3 is 0 Å². The Hall–Kier alpha value is -1.19. The van der Waals surface area contributed by atoms with E-state index in [1.807, 2.05) is 31.1 Å². The lowest BCUT2D eigenvalue weighted by molar-refractivity contribution is 0.906. The quantitative estimate of drug-likeness (QED) is 0.878. The molecular formula is C14H17ClN2S. The average molecular weight is 281 g/mol. The normalized spacial score (nSPS) is 12.2. The Kier molecular flexibility index (Phi) is 4.15. The smallest absolute Gasteiger partial charge is 0.0786 e. The first kappa shape index (κ1) is 13.2. The van der Waals surface area contributed by atoms with Gasteiger partial charge in [0.1, 0.15) is 0 Å². The second-order valence-corrected chi connectivity index (χ2v) is 5.80. The highest BCUT2D eigenvalue weighted by atomic mass is 35.5. The topological polar surface area (TPSA) is 15.3 Å². The summed E-state index contributed by atoms with van der Waals surface area (Å²) in [6.07, 6.45) is 0. The first-order valence-corrected chi connectivity index (χ1v) is 7.11. The van der Waals surface area contributed by atoms with Gasteiger partial charge in [-0.3, -0.25) is 0 Å². The molecule has 2 nitrogen and oxygen atoms in total. The molecule has 96 valence electrons. The molecule has 2 aromatic rings. The number of benzene rings is 1. The molecule has 2 rings (SSSR count). The van der Waals surface area contributed by atoms with Crippen LogP contribution in [0.15, 0.2) is 35.7 Å². The average Bonchev–Trinajstić information content (AvgIpc) is 2.81. The van der Waals surface area contributed by atoms with Crippen LogP contribution < -0.4 is 10.2 Å². The summed E-state index contributed by atoms with van der Waals surface area (Å²) in [5.41, 5.74) is 2.09. The fraction of sp³-hybridized carbons (Fsp3) is 0.286. The van der Waals surface area contributed by atoms with Crippen LogP contribution in [0.5, 0.6) is 0 Å². The molecule has 1 atom stereocenters. The number of hydrogen-bond donors (Lipinski definition) is 1. The zero-order valence-electron chi connectivity index (χ0n) is 10.8. The number of nitrogens with one attached hydrogen (secondary N) is 1. The molecule has 1 N–H and O–H groups in total. The molecule has 0 spiro atoms. The Balaban J connectivity index is 2.26. The summed E-state index contributed by atoms with van der Waals surface area (Å²) < 4.78 is 0. The predicted molar refractivity (Wildman–Crippen MR) is 82.1 cm³/mol. The molecule has 18 heavy (non-hydrogen) atoms. The maximum Gasteiger partial charge on any atom is 0.0786 e. The van der Waals surface area contributed by atoms with Crippen LogP contribution in [0, 0.1) is 0 Å².